The van der Waals surface area contributed by atoms with Crippen LogP contribution in [0.25, 0.3) is 0 Å². The SMILES string of the molecule is CC1C(N)CCC(c2nnc3n2CCCCC3)C1(C)C. The highest BCUT2D eigenvalue weighted by atomic mass is 15.3. The summed E-state index contributed by atoms with van der Waals surface area (Å²) < 4.78 is 2.42. The van der Waals surface area contributed by atoms with Crippen LogP contribution in [0.4, 0.5) is 0 Å². The monoisotopic (exact) mass is 276 g/mol. The van der Waals surface area contributed by atoms with E-state index in [1.54, 1.807) is 0 Å². The maximum atomic E-state index is 6.29. The van der Waals surface area contributed by atoms with Gasteiger partial charge in [0, 0.05) is 24.9 Å². The molecule has 1 saturated carbocycles. The lowest BCUT2D eigenvalue weighted by Crippen LogP contribution is -2.46. The van der Waals surface area contributed by atoms with Gasteiger partial charge in [-0.1, -0.05) is 27.2 Å². The highest BCUT2D eigenvalue weighted by Crippen LogP contribution is 2.49. The van der Waals surface area contributed by atoms with E-state index < -0.39 is 0 Å². The maximum absolute atomic E-state index is 6.29. The van der Waals surface area contributed by atoms with Crippen molar-refractivity contribution in [2.75, 3.05) is 0 Å². The van der Waals surface area contributed by atoms with Crippen molar-refractivity contribution in [2.24, 2.45) is 17.1 Å². The van der Waals surface area contributed by atoms with Crippen molar-refractivity contribution in [1.29, 1.82) is 0 Å². The summed E-state index contributed by atoms with van der Waals surface area (Å²) in [6.45, 7) is 8.13. The molecular formula is C16H28N4. The second-order valence-corrected chi connectivity index (χ2v) is 7.34. The predicted molar refractivity (Wildman–Crippen MR) is 80.5 cm³/mol. The van der Waals surface area contributed by atoms with Gasteiger partial charge in [-0.3, -0.25) is 0 Å². The summed E-state index contributed by atoms with van der Waals surface area (Å²) in [6, 6.07) is 0.327. The first-order valence-corrected chi connectivity index (χ1v) is 8.19. The van der Waals surface area contributed by atoms with Gasteiger partial charge in [0.15, 0.2) is 0 Å². The summed E-state index contributed by atoms with van der Waals surface area (Å²) in [5.74, 6) is 3.46. The molecule has 2 aliphatic rings. The van der Waals surface area contributed by atoms with E-state index in [2.05, 4.69) is 35.5 Å². The summed E-state index contributed by atoms with van der Waals surface area (Å²) in [6.07, 6.45) is 7.19. The van der Waals surface area contributed by atoms with Crippen molar-refractivity contribution in [1.82, 2.24) is 14.8 Å². The third kappa shape index (κ3) is 2.18. The summed E-state index contributed by atoms with van der Waals surface area (Å²) in [5.41, 5.74) is 6.49. The van der Waals surface area contributed by atoms with Gasteiger partial charge < -0.3 is 10.3 Å². The first-order chi connectivity index (χ1) is 9.51. The van der Waals surface area contributed by atoms with Gasteiger partial charge in [-0.2, -0.15) is 0 Å². The number of aryl methyl sites for hydroxylation is 1. The quantitative estimate of drug-likeness (QED) is 0.858. The van der Waals surface area contributed by atoms with E-state index >= 15 is 0 Å². The number of aromatic nitrogens is 3. The Labute approximate surface area is 122 Å². The van der Waals surface area contributed by atoms with Crippen LogP contribution in [-0.4, -0.2) is 20.8 Å². The van der Waals surface area contributed by atoms with Crippen LogP contribution in [0.15, 0.2) is 0 Å². The van der Waals surface area contributed by atoms with Crippen LogP contribution in [0.1, 0.15) is 70.4 Å². The van der Waals surface area contributed by atoms with Gasteiger partial charge in [-0.05, 0) is 37.0 Å². The van der Waals surface area contributed by atoms with Gasteiger partial charge in [0.2, 0.25) is 0 Å². The molecule has 4 heteroatoms. The Morgan fingerprint density at radius 1 is 1.15 bits per heavy atom. The Balaban J connectivity index is 1.95. The Morgan fingerprint density at radius 2 is 1.95 bits per heavy atom. The van der Waals surface area contributed by atoms with Gasteiger partial charge in [0.05, 0.1) is 0 Å². The number of fused-ring (bicyclic) bond motifs is 1. The molecule has 4 nitrogen and oxygen atoms in total. The molecule has 2 N–H and O–H groups in total. The molecule has 1 fully saturated rings. The van der Waals surface area contributed by atoms with Crippen LogP contribution in [0.5, 0.6) is 0 Å². The van der Waals surface area contributed by atoms with E-state index in [-0.39, 0.29) is 5.41 Å². The third-order valence-corrected chi connectivity index (χ3v) is 5.95. The molecule has 20 heavy (non-hydrogen) atoms. The zero-order valence-corrected chi connectivity index (χ0v) is 13.1. The number of nitrogens with two attached hydrogens (primary N) is 1. The summed E-state index contributed by atoms with van der Waals surface area (Å²) in [4.78, 5) is 0. The average molecular weight is 276 g/mol. The zero-order chi connectivity index (χ0) is 14.3. The second-order valence-electron chi connectivity index (χ2n) is 7.34. The van der Waals surface area contributed by atoms with Gasteiger partial charge in [0.25, 0.3) is 0 Å². The van der Waals surface area contributed by atoms with E-state index in [9.17, 15) is 0 Å². The molecule has 112 valence electrons. The van der Waals surface area contributed by atoms with Crippen molar-refractivity contribution in [3.8, 4) is 0 Å². The third-order valence-electron chi connectivity index (χ3n) is 5.95. The summed E-state index contributed by atoms with van der Waals surface area (Å²) in [7, 11) is 0. The normalized spacial score (nSPS) is 33.5. The van der Waals surface area contributed by atoms with Crippen LogP contribution in [-0.2, 0) is 13.0 Å². The molecular weight excluding hydrogens is 248 g/mol. The van der Waals surface area contributed by atoms with Crippen molar-refractivity contribution >= 4 is 0 Å². The Hall–Kier alpha value is -0.900. The standard InChI is InChI=1S/C16H28N4/c1-11-13(17)9-8-12(16(11,2)3)15-19-18-14-7-5-4-6-10-20(14)15/h11-13H,4-10,17H2,1-3H3. The minimum Gasteiger partial charge on any atom is -0.327 e. The Bertz CT molecular complexity index is 477. The van der Waals surface area contributed by atoms with E-state index in [1.807, 2.05) is 0 Å². The summed E-state index contributed by atoms with van der Waals surface area (Å²) in [5, 5.41) is 9.07. The van der Waals surface area contributed by atoms with Crippen LogP contribution >= 0.6 is 0 Å². The van der Waals surface area contributed by atoms with Crippen molar-refractivity contribution < 1.29 is 0 Å². The van der Waals surface area contributed by atoms with Crippen LogP contribution in [0.3, 0.4) is 0 Å². The minimum absolute atomic E-state index is 0.202. The molecule has 0 radical (unpaired) electrons. The number of rotatable bonds is 1. The average Bonchev–Trinajstić information content (AvgIpc) is 2.66. The Kier molecular flexibility index (Phi) is 3.61. The molecule has 1 aromatic heterocycles. The van der Waals surface area contributed by atoms with Gasteiger partial charge in [-0.15, -0.1) is 10.2 Å². The molecule has 3 unspecified atom stereocenters. The second kappa shape index (κ2) is 5.14. The van der Waals surface area contributed by atoms with E-state index in [4.69, 9.17) is 5.73 Å². The zero-order valence-electron chi connectivity index (χ0n) is 13.1. The lowest BCUT2D eigenvalue weighted by atomic mass is 9.61. The lowest BCUT2D eigenvalue weighted by molar-refractivity contribution is 0.0925. The van der Waals surface area contributed by atoms with Crippen LogP contribution in [0, 0.1) is 11.3 Å². The number of hydrogen-bond donors (Lipinski definition) is 1. The largest absolute Gasteiger partial charge is 0.327 e. The van der Waals surface area contributed by atoms with Gasteiger partial charge >= 0.3 is 0 Å². The van der Waals surface area contributed by atoms with E-state index in [0.29, 0.717) is 17.9 Å². The van der Waals surface area contributed by atoms with Crippen LogP contribution < -0.4 is 5.73 Å². The highest BCUT2D eigenvalue weighted by molar-refractivity contribution is 5.11. The molecule has 1 aromatic rings. The molecule has 0 bridgehead atoms. The first-order valence-electron chi connectivity index (χ1n) is 8.19. The molecule has 0 spiro atoms. The van der Waals surface area contributed by atoms with E-state index in [0.717, 1.165) is 25.8 Å². The lowest BCUT2D eigenvalue weighted by Gasteiger charge is -2.46. The number of nitrogens with zero attached hydrogens (tertiary/aromatic N) is 3. The van der Waals surface area contributed by atoms with Crippen LogP contribution in [0.2, 0.25) is 0 Å². The molecule has 1 aliphatic heterocycles. The van der Waals surface area contributed by atoms with Crippen molar-refractivity contribution in [3.05, 3.63) is 11.6 Å². The van der Waals surface area contributed by atoms with Gasteiger partial charge in [0.1, 0.15) is 11.6 Å². The fourth-order valence-electron chi connectivity index (χ4n) is 4.08. The first kappa shape index (κ1) is 14.1. The molecule has 3 rings (SSSR count). The maximum Gasteiger partial charge on any atom is 0.136 e. The molecule has 0 aromatic carbocycles. The fraction of sp³-hybridized carbons (Fsp3) is 0.875. The predicted octanol–water partition coefficient (Wildman–Crippen LogP) is 2.87. The molecule has 3 atom stereocenters. The smallest absolute Gasteiger partial charge is 0.136 e. The Morgan fingerprint density at radius 3 is 2.75 bits per heavy atom. The number of hydrogen-bond acceptors (Lipinski definition) is 3. The molecule has 0 amide bonds. The minimum atomic E-state index is 0.202. The highest BCUT2D eigenvalue weighted by Gasteiger charge is 2.44. The topological polar surface area (TPSA) is 56.7 Å². The van der Waals surface area contributed by atoms with E-state index in [1.165, 1.54) is 30.9 Å². The molecule has 2 heterocycles. The molecule has 0 saturated heterocycles. The molecule has 1 aliphatic carbocycles. The van der Waals surface area contributed by atoms with Gasteiger partial charge in [-0.25, -0.2) is 0 Å². The fourth-order valence-corrected chi connectivity index (χ4v) is 4.08. The van der Waals surface area contributed by atoms with Crippen molar-refractivity contribution in [3.63, 3.8) is 0 Å². The summed E-state index contributed by atoms with van der Waals surface area (Å²) >= 11 is 0. The van der Waals surface area contributed by atoms with Crippen molar-refractivity contribution in [2.45, 2.75) is 77.8 Å².